The first-order valence-electron chi connectivity index (χ1n) is 8.33. The maximum Gasteiger partial charge on any atom is 0.0991 e. The molecule has 1 heteroatoms. The molecule has 0 unspecified atom stereocenters. The van der Waals surface area contributed by atoms with Gasteiger partial charge in [-0.3, -0.25) is 0 Å². The molecule has 1 radical (unpaired) electrons. The third-order valence-corrected chi connectivity index (χ3v) is 4.57. The van der Waals surface area contributed by atoms with E-state index >= 15 is 0 Å². The summed E-state index contributed by atoms with van der Waals surface area (Å²) < 4.78 is 0. The van der Waals surface area contributed by atoms with Gasteiger partial charge < -0.3 is 0 Å². The number of unbranched alkanes of at least 4 members (excludes halogenated alkanes) is 1. The lowest BCUT2D eigenvalue weighted by Crippen LogP contribution is -2.12. The van der Waals surface area contributed by atoms with Crippen LogP contribution in [0.1, 0.15) is 63.0 Å². The lowest BCUT2D eigenvalue weighted by atomic mass is 9.79. The van der Waals surface area contributed by atoms with Gasteiger partial charge in [-0.25, -0.2) is 0 Å². The van der Waals surface area contributed by atoms with Gasteiger partial charge in [0.15, 0.2) is 0 Å². The van der Waals surface area contributed by atoms with E-state index in [4.69, 9.17) is 5.26 Å². The van der Waals surface area contributed by atoms with Crippen molar-refractivity contribution in [2.75, 3.05) is 0 Å². The molecule has 0 heterocycles. The van der Waals surface area contributed by atoms with Crippen LogP contribution in [0.4, 0.5) is 0 Å². The van der Waals surface area contributed by atoms with Crippen LogP contribution in [0.5, 0.6) is 0 Å². The molecule has 0 aromatic heterocycles. The maximum absolute atomic E-state index is 8.78. The molecule has 1 aromatic carbocycles. The second-order valence-electron chi connectivity index (χ2n) is 6.21. The van der Waals surface area contributed by atoms with Crippen LogP contribution in [0.3, 0.4) is 0 Å². The van der Waals surface area contributed by atoms with E-state index < -0.39 is 0 Å². The van der Waals surface area contributed by atoms with Gasteiger partial charge in [-0.15, -0.1) is 0 Å². The van der Waals surface area contributed by atoms with Crippen LogP contribution in [0.15, 0.2) is 36.4 Å². The van der Waals surface area contributed by atoms with Gasteiger partial charge in [-0.05, 0) is 55.2 Å². The number of nitrogens with zero attached hydrogens (tertiary/aromatic N) is 1. The van der Waals surface area contributed by atoms with Crippen molar-refractivity contribution < 1.29 is 0 Å². The highest BCUT2D eigenvalue weighted by molar-refractivity contribution is 5.36. The lowest BCUT2D eigenvalue weighted by molar-refractivity contribution is 0.290. The van der Waals surface area contributed by atoms with E-state index in [1.54, 1.807) is 0 Å². The first-order valence-corrected chi connectivity index (χ1v) is 8.33. The Hall–Kier alpha value is -1.55. The van der Waals surface area contributed by atoms with E-state index in [0.29, 0.717) is 0 Å². The molecule has 1 aliphatic rings. The minimum Gasteiger partial charge on any atom is -0.192 e. The maximum atomic E-state index is 8.78. The summed E-state index contributed by atoms with van der Waals surface area (Å²) in [7, 11) is 0. The number of hydrogen-bond donors (Lipinski definition) is 0. The molecule has 0 amide bonds. The highest BCUT2D eigenvalue weighted by atomic mass is 14.2. The van der Waals surface area contributed by atoms with Crippen molar-refractivity contribution in [3.05, 3.63) is 54.0 Å². The molecule has 111 valence electrons. The fourth-order valence-corrected chi connectivity index (χ4v) is 3.15. The molecule has 0 N–H and O–H groups in total. The monoisotopic (exact) mass is 280 g/mol. The quantitative estimate of drug-likeness (QED) is 0.659. The molecular formula is C20H26N. The fraction of sp³-hybridized carbons (Fsp3) is 0.500. The lowest BCUT2D eigenvalue weighted by Gasteiger charge is -2.26. The third kappa shape index (κ3) is 5.38. The summed E-state index contributed by atoms with van der Waals surface area (Å²) >= 11 is 0. The summed E-state index contributed by atoms with van der Waals surface area (Å²) in [5.41, 5.74) is 1.89. The van der Waals surface area contributed by atoms with Crippen molar-refractivity contribution in [3.8, 4) is 6.07 Å². The van der Waals surface area contributed by atoms with Crippen LogP contribution >= 0.6 is 0 Å². The highest BCUT2D eigenvalue weighted by Crippen LogP contribution is 2.32. The zero-order valence-electron chi connectivity index (χ0n) is 13.1. The smallest absolute Gasteiger partial charge is 0.0991 e. The minimum atomic E-state index is 0.724. The average molecular weight is 280 g/mol. The standard InChI is InChI=1S/C20H26N/c1-2-3-5-17-8-10-18(11-9-17)6-4-7-19-12-14-20(16-21)15-13-19/h4,6-7,12-15,17-18H,2-3,5,8-11H2,1H3/b6-4+/t17-,18-. The van der Waals surface area contributed by atoms with Crippen LogP contribution < -0.4 is 0 Å². The van der Waals surface area contributed by atoms with Gasteiger partial charge in [-0.1, -0.05) is 50.5 Å². The molecule has 0 atom stereocenters. The van der Waals surface area contributed by atoms with E-state index in [9.17, 15) is 0 Å². The summed E-state index contributed by atoms with van der Waals surface area (Å²) in [4.78, 5) is 0. The molecule has 0 aliphatic heterocycles. The zero-order chi connectivity index (χ0) is 14.9. The van der Waals surface area contributed by atoms with Gasteiger partial charge in [0.2, 0.25) is 0 Å². The fourth-order valence-electron chi connectivity index (χ4n) is 3.15. The molecule has 1 fully saturated rings. The first-order chi connectivity index (χ1) is 10.3. The van der Waals surface area contributed by atoms with Crippen molar-refractivity contribution in [2.45, 2.75) is 51.9 Å². The molecule has 2 rings (SSSR count). The molecule has 0 saturated heterocycles. The SMILES string of the molecule is CCCC[C@H]1CC[C@H](/C=C/[CH]c2ccc(C#N)cc2)CC1. The first kappa shape index (κ1) is 15.8. The molecule has 0 bridgehead atoms. The molecule has 1 saturated carbocycles. The van der Waals surface area contributed by atoms with Crippen molar-refractivity contribution in [1.29, 1.82) is 5.26 Å². The number of benzene rings is 1. The normalized spacial score (nSPS) is 22.3. The average Bonchev–Trinajstić information content (AvgIpc) is 2.55. The Morgan fingerprint density at radius 3 is 2.48 bits per heavy atom. The molecular weight excluding hydrogens is 254 g/mol. The van der Waals surface area contributed by atoms with Crippen LogP contribution in [0.2, 0.25) is 0 Å². The van der Waals surface area contributed by atoms with Crippen molar-refractivity contribution in [2.24, 2.45) is 11.8 Å². The summed E-state index contributed by atoms with van der Waals surface area (Å²) in [6.45, 7) is 2.29. The number of rotatable bonds is 6. The van der Waals surface area contributed by atoms with Gasteiger partial charge in [0.05, 0.1) is 11.6 Å². The summed E-state index contributed by atoms with van der Waals surface area (Å²) in [6, 6.07) is 9.90. The van der Waals surface area contributed by atoms with Crippen LogP contribution in [-0.4, -0.2) is 0 Å². The van der Waals surface area contributed by atoms with Crippen LogP contribution in [0, 0.1) is 29.6 Å². The number of nitriles is 1. The third-order valence-electron chi connectivity index (χ3n) is 4.57. The predicted molar refractivity (Wildman–Crippen MR) is 88.7 cm³/mol. The molecule has 1 aliphatic carbocycles. The van der Waals surface area contributed by atoms with Crippen LogP contribution in [0.25, 0.3) is 0 Å². The van der Waals surface area contributed by atoms with Gasteiger partial charge in [-0.2, -0.15) is 5.26 Å². The molecule has 21 heavy (non-hydrogen) atoms. The highest BCUT2D eigenvalue weighted by Gasteiger charge is 2.18. The zero-order valence-corrected chi connectivity index (χ0v) is 13.1. The van der Waals surface area contributed by atoms with E-state index in [2.05, 4.69) is 31.6 Å². The van der Waals surface area contributed by atoms with Crippen molar-refractivity contribution in [3.63, 3.8) is 0 Å². The molecule has 0 spiro atoms. The van der Waals surface area contributed by atoms with Gasteiger partial charge in [0.25, 0.3) is 0 Å². The Morgan fingerprint density at radius 1 is 1.14 bits per heavy atom. The Bertz CT molecular complexity index is 470. The second-order valence-corrected chi connectivity index (χ2v) is 6.21. The Kier molecular flexibility index (Phi) is 6.54. The summed E-state index contributed by atoms with van der Waals surface area (Å²) in [5.74, 6) is 1.75. The van der Waals surface area contributed by atoms with Gasteiger partial charge in [0, 0.05) is 6.42 Å². The summed E-state index contributed by atoms with van der Waals surface area (Å²) in [5, 5.41) is 8.78. The largest absolute Gasteiger partial charge is 0.192 e. The Labute approximate surface area is 129 Å². The molecule has 1 nitrogen and oxygen atoms in total. The van der Waals surface area contributed by atoms with Crippen molar-refractivity contribution >= 4 is 0 Å². The van der Waals surface area contributed by atoms with E-state index in [0.717, 1.165) is 17.4 Å². The second kappa shape index (κ2) is 8.67. The Balaban J connectivity index is 1.71. The summed E-state index contributed by atoms with van der Waals surface area (Å²) in [6.07, 6.45) is 16.4. The molecule has 1 aromatic rings. The minimum absolute atomic E-state index is 0.724. The topological polar surface area (TPSA) is 23.8 Å². The van der Waals surface area contributed by atoms with E-state index in [1.165, 1.54) is 50.5 Å². The number of allylic oxidation sites excluding steroid dienone is 2. The van der Waals surface area contributed by atoms with Crippen molar-refractivity contribution in [1.82, 2.24) is 0 Å². The number of hydrogen-bond acceptors (Lipinski definition) is 1. The predicted octanol–water partition coefficient (Wildman–Crippen LogP) is 5.66. The van der Waals surface area contributed by atoms with E-state index in [1.807, 2.05) is 24.3 Å². The van der Waals surface area contributed by atoms with Gasteiger partial charge in [0.1, 0.15) is 0 Å². The van der Waals surface area contributed by atoms with Gasteiger partial charge >= 0.3 is 0 Å². The Morgan fingerprint density at radius 2 is 1.86 bits per heavy atom. The van der Waals surface area contributed by atoms with E-state index in [-0.39, 0.29) is 0 Å². The van der Waals surface area contributed by atoms with Crippen LogP contribution in [-0.2, 0) is 0 Å².